The summed E-state index contributed by atoms with van der Waals surface area (Å²) in [5.41, 5.74) is 3.62. The zero-order valence-corrected chi connectivity index (χ0v) is 25.6. The number of thioether (sulfide) groups is 1. The van der Waals surface area contributed by atoms with Crippen LogP contribution in [0.4, 0.5) is 10.8 Å². The minimum atomic E-state index is -0.590. The first-order valence-corrected chi connectivity index (χ1v) is 15.4. The molecule has 44 heavy (non-hydrogen) atoms. The van der Waals surface area contributed by atoms with Crippen LogP contribution in [0.2, 0.25) is 0 Å². The average Bonchev–Trinajstić information content (AvgIpc) is 3.45. The fourth-order valence-electron chi connectivity index (χ4n) is 4.25. The van der Waals surface area contributed by atoms with Gasteiger partial charge in [-0.1, -0.05) is 90.2 Å². The second kappa shape index (κ2) is 14.4. The van der Waals surface area contributed by atoms with Gasteiger partial charge in [-0.2, -0.15) is 0 Å². The number of carbonyl (C=O) groups is 3. The SMILES string of the molecule is Cc1nnc(NC(=O)C(Sc2cccc(NC(=O)/C(=C/c3ccccc3C)NC(=O)c3ccccc3)c2)c2ccccc2)s1. The maximum Gasteiger partial charge on any atom is 0.272 e. The smallest absolute Gasteiger partial charge is 0.272 e. The number of anilines is 2. The third-order valence-corrected chi connectivity index (χ3v) is 8.46. The lowest BCUT2D eigenvalue weighted by Crippen LogP contribution is -2.30. The van der Waals surface area contributed by atoms with Crippen molar-refractivity contribution in [2.75, 3.05) is 10.6 Å². The number of nitrogens with zero attached hydrogens (tertiary/aromatic N) is 2. The largest absolute Gasteiger partial charge is 0.321 e. The number of hydrogen-bond donors (Lipinski definition) is 3. The van der Waals surface area contributed by atoms with E-state index in [9.17, 15) is 14.4 Å². The van der Waals surface area contributed by atoms with Crippen LogP contribution in [0.3, 0.4) is 0 Å². The molecular weight excluding hydrogens is 591 g/mol. The van der Waals surface area contributed by atoms with Gasteiger partial charge in [0.1, 0.15) is 16.0 Å². The summed E-state index contributed by atoms with van der Waals surface area (Å²) >= 11 is 2.65. The number of hydrogen-bond acceptors (Lipinski definition) is 7. The van der Waals surface area contributed by atoms with Crippen molar-refractivity contribution in [1.29, 1.82) is 0 Å². The number of aromatic nitrogens is 2. The molecule has 0 spiro atoms. The zero-order chi connectivity index (χ0) is 30.9. The molecule has 3 N–H and O–H groups in total. The molecule has 5 rings (SSSR count). The number of benzene rings is 4. The van der Waals surface area contributed by atoms with E-state index in [1.807, 2.05) is 80.6 Å². The van der Waals surface area contributed by atoms with Gasteiger partial charge in [0, 0.05) is 16.1 Å². The Balaban J connectivity index is 1.38. The van der Waals surface area contributed by atoms with Crippen molar-refractivity contribution >= 4 is 57.7 Å². The molecule has 0 aliphatic rings. The van der Waals surface area contributed by atoms with E-state index in [1.165, 1.54) is 23.1 Å². The summed E-state index contributed by atoms with van der Waals surface area (Å²) in [6.45, 7) is 3.76. The third kappa shape index (κ3) is 8.06. The Bertz CT molecular complexity index is 1810. The molecule has 10 heteroatoms. The monoisotopic (exact) mass is 619 g/mol. The maximum atomic E-state index is 13.6. The lowest BCUT2D eigenvalue weighted by molar-refractivity contribution is -0.116. The molecule has 1 atom stereocenters. The van der Waals surface area contributed by atoms with Crippen molar-refractivity contribution < 1.29 is 14.4 Å². The van der Waals surface area contributed by atoms with E-state index < -0.39 is 17.1 Å². The van der Waals surface area contributed by atoms with Gasteiger partial charge in [0.05, 0.1) is 0 Å². The van der Waals surface area contributed by atoms with Crippen molar-refractivity contribution in [2.45, 2.75) is 24.0 Å². The molecule has 0 radical (unpaired) electrons. The predicted octanol–water partition coefficient (Wildman–Crippen LogP) is 7.04. The van der Waals surface area contributed by atoms with Crippen molar-refractivity contribution in [3.63, 3.8) is 0 Å². The van der Waals surface area contributed by atoms with E-state index in [1.54, 1.807) is 48.5 Å². The van der Waals surface area contributed by atoms with Crippen LogP contribution in [-0.2, 0) is 9.59 Å². The normalized spacial score (nSPS) is 11.8. The van der Waals surface area contributed by atoms with E-state index in [0.29, 0.717) is 16.4 Å². The number of carbonyl (C=O) groups excluding carboxylic acids is 3. The number of rotatable bonds is 10. The van der Waals surface area contributed by atoms with Crippen LogP contribution in [0.25, 0.3) is 6.08 Å². The fraction of sp³-hybridized carbons (Fsp3) is 0.0882. The van der Waals surface area contributed by atoms with Crippen LogP contribution < -0.4 is 16.0 Å². The van der Waals surface area contributed by atoms with Crippen LogP contribution >= 0.6 is 23.1 Å². The number of amides is 3. The topological polar surface area (TPSA) is 113 Å². The summed E-state index contributed by atoms with van der Waals surface area (Å²) in [6, 6.07) is 33.0. The maximum absolute atomic E-state index is 13.6. The van der Waals surface area contributed by atoms with E-state index in [4.69, 9.17) is 0 Å². The Hall–Kier alpha value is -5.06. The Kier molecular flexibility index (Phi) is 9.96. The summed E-state index contributed by atoms with van der Waals surface area (Å²) in [7, 11) is 0. The highest BCUT2D eigenvalue weighted by Gasteiger charge is 2.24. The molecule has 0 aliphatic heterocycles. The molecule has 4 aromatic carbocycles. The van der Waals surface area contributed by atoms with Gasteiger partial charge >= 0.3 is 0 Å². The lowest BCUT2D eigenvalue weighted by atomic mass is 10.1. The first kappa shape index (κ1) is 30.4. The van der Waals surface area contributed by atoms with E-state index >= 15 is 0 Å². The Labute approximate surface area is 263 Å². The Morgan fingerprint density at radius 3 is 2.20 bits per heavy atom. The predicted molar refractivity (Wildman–Crippen MR) is 176 cm³/mol. The zero-order valence-electron chi connectivity index (χ0n) is 24.0. The standard InChI is InChI=1S/C34H29N5O3S2/c1-22-12-9-10-17-26(22)20-29(36-31(40)25-15-7-4-8-16-25)32(41)35-27-18-11-19-28(21-27)44-30(24-13-5-3-6-14-24)33(42)37-34-39-38-23(2)43-34/h3-21,30H,1-2H3,(H,35,41)(H,36,40)(H,37,39,42)/b29-20-. The van der Waals surface area contributed by atoms with Crippen LogP contribution in [0, 0.1) is 13.8 Å². The van der Waals surface area contributed by atoms with Crippen LogP contribution in [0.15, 0.2) is 120 Å². The van der Waals surface area contributed by atoms with E-state index in [0.717, 1.165) is 26.6 Å². The van der Waals surface area contributed by atoms with Crippen molar-refractivity contribution in [3.05, 3.63) is 142 Å². The van der Waals surface area contributed by atoms with Crippen LogP contribution in [0.1, 0.15) is 37.3 Å². The van der Waals surface area contributed by atoms with Gasteiger partial charge in [0.15, 0.2) is 0 Å². The molecule has 220 valence electrons. The van der Waals surface area contributed by atoms with E-state index in [-0.39, 0.29) is 11.6 Å². The first-order valence-electron chi connectivity index (χ1n) is 13.7. The molecule has 1 aromatic heterocycles. The van der Waals surface area contributed by atoms with Crippen LogP contribution in [0.5, 0.6) is 0 Å². The van der Waals surface area contributed by atoms with Gasteiger partial charge in [0.2, 0.25) is 11.0 Å². The second-order valence-electron chi connectivity index (χ2n) is 9.74. The van der Waals surface area contributed by atoms with Gasteiger partial charge in [-0.3, -0.25) is 19.7 Å². The molecule has 0 saturated heterocycles. The van der Waals surface area contributed by atoms with Crippen molar-refractivity contribution in [3.8, 4) is 0 Å². The molecule has 3 amide bonds. The van der Waals surface area contributed by atoms with Crippen molar-refractivity contribution in [2.24, 2.45) is 0 Å². The van der Waals surface area contributed by atoms with Gasteiger partial charge < -0.3 is 10.6 Å². The quantitative estimate of drug-likeness (QED) is 0.114. The van der Waals surface area contributed by atoms with Gasteiger partial charge in [0.25, 0.3) is 11.8 Å². The number of aryl methyl sites for hydroxylation is 2. The summed E-state index contributed by atoms with van der Waals surface area (Å²) in [5, 5.41) is 17.2. The number of nitrogens with one attached hydrogen (secondary N) is 3. The van der Waals surface area contributed by atoms with E-state index in [2.05, 4.69) is 26.1 Å². The fourth-order valence-corrected chi connectivity index (χ4v) is 5.93. The third-order valence-electron chi connectivity index (χ3n) is 6.46. The highest BCUT2D eigenvalue weighted by molar-refractivity contribution is 8.00. The highest BCUT2D eigenvalue weighted by atomic mass is 32.2. The first-order chi connectivity index (χ1) is 21.4. The van der Waals surface area contributed by atoms with Gasteiger partial charge in [-0.05, 0) is 66.9 Å². The summed E-state index contributed by atoms with van der Waals surface area (Å²) in [5.74, 6) is -1.12. The molecule has 8 nitrogen and oxygen atoms in total. The molecule has 0 bridgehead atoms. The minimum Gasteiger partial charge on any atom is -0.321 e. The van der Waals surface area contributed by atoms with Gasteiger partial charge in [-0.15, -0.1) is 22.0 Å². The lowest BCUT2D eigenvalue weighted by Gasteiger charge is -2.17. The second-order valence-corrected chi connectivity index (χ2v) is 12.1. The molecule has 1 unspecified atom stereocenters. The summed E-state index contributed by atoms with van der Waals surface area (Å²) < 4.78 is 0. The van der Waals surface area contributed by atoms with Gasteiger partial charge in [-0.25, -0.2) is 0 Å². The minimum absolute atomic E-state index is 0.0973. The Morgan fingerprint density at radius 1 is 0.795 bits per heavy atom. The average molecular weight is 620 g/mol. The Morgan fingerprint density at radius 2 is 1.50 bits per heavy atom. The molecule has 0 fully saturated rings. The summed E-state index contributed by atoms with van der Waals surface area (Å²) in [4.78, 5) is 40.8. The molecular formula is C34H29N5O3S2. The highest BCUT2D eigenvalue weighted by Crippen LogP contribution is 2.37. The molecule has 5 aromatic rings. The molecule has 0 saturated carbocycles. The molecule has 1 heterocycles. The molecule has 0 aliphatic carbocycles. The van der Waals surface area contributed by atoms with Crippen molar-refractivity contribution in [1.82, 2.24) is 15.5 Å². The van der Waals surface area contributed by atoms with Crippen LogP contribution in [-0.4, -0.2) is 27.9 Å². The summed E-state index contributed by atoms with van der Waals surface area (Å²) in [6.07, 6.45) is 1.66.